The van der Waals surface area contributed by atoms with Gasteiger partial charge in [0.25, 0.3) is 0 Å². The molecule has 1 saturated heterocycles. The Bertz CT molecular complexity index is 225. The van der Waals surface area contributed by atoms with E-state index in [1.807, 2.05) is 6.92 Å². The summed E-state index contributed by atoms with van der Waals surface area (Å²) in [6, 6.07) is -0.137. The summed E-state index contributed by atoms with van der Waals surface area (Å²) < 4.78 is 5.30. The molecule has 1 aliphatic rings. The van der Waals surface area contributed by atoms with E-state index in [1.165, 1.54) is 0 Å². The number of hydrogen-bond donors (Lipinski definition) is 2. The largest absolute Gasteiger partial charge is 0.381 e. The van der Waals surface area contributed by atoms with Crippen molar-refractivity contribution in [3.8, 4) is 0 Å². The number of carbonyl (C=O) groups is 1. The molecule has 0 saturated carbocycles. The van der Waals surface area contributed by atoms with E-state index in [9.17, 15) is 4.79 Å². The predicted octanol–water partition coefficient (Wildman–Crippen LogP) is 0.693. The van der Waals surface area contributed by atoms with Gasteiger partial charge in [-0.05, 0) is 32.2 Å². The van der Waals surface area contributed by atoms with Gasteiger partial charge in [-0.3, -0.25) is 4.79 Å². The Kier molecular flexibility index (Phi) is 6.11. The van der Waals surface area contributed by atoms with Crippen LogP contribution in [0.1, 0.15) is 19.8 Å². The van der Waals surface area contributed by atoms with Gasteiger partial charge in [0.1, 0.15) is 0 Å². The van der Waals surface area contributed by atoms with E-state index >= 15 is 0 Å². The number of nitrogens with one attached hydrogen (secondary N) is 2. The minimum absolute atomic E-state index is 0.0302. The first-order valence-electron chi connectivity index (χ1n) is 5.93. The Morgan fingerprint density at radius 1 is 1.69 bits per heavy atom. The molecule has 92 valence electrons. The van der Waals surface area contributed by atoms with Gasteiger partial charge in [-0.25, -0.2) is 0 Å². The molecule has 2 atom stereocenters. The molecule has 0 spiro atoms. The first-order chi connectivity index (χ1) is 7.74. The molecule has 0 aromatic carbocycles. The van der Waals surface area contributed by atoms with Crippen LogP contribution in [0.3, 0.4) is 0 Å². The van der Waals surface area contributed by atoms with Crippen molar-refractivity contribution in [1.82, 2.24) is 10.6 Å². The van der Waals surface area contributed by atoms with E-state index in [4.69, 9.17) is 4.74 Å². The molecule has 4 nitrogen and oxygen atoms in total. The third-order valence-electron chi connectivity index (χ3n) is 2.84. The molecule has 2 N–H and O–H groups in total. The van der Waals surface area contributed by atoms with Gasteiger partial charge in [-0.2, -0.15) is 0 Å². The molecular formula is C12H22N2O2. The second kappa shape index (κ2) is 7.41. The van der Waals surface area contributed by atoms with Gasteiger partial charge in [0.2, 0.25) is 5.91 Å². The van der Waals surface area contributed by atoms with Crippen LogP contribution in [-0.4, -0.2) is 38.3 Å². The molecular weight excluding hydrogens is 204 g/mol. The minimum Gasteiger partial charge on any atom is -0.381 e. The molecule has 4 heteroatoms. The van der Waals surface area contributed by atoms with Gasteiger partial charge in [-0.1, -0.05) is 6.08 Å². The van der Waals surface area contributed by atoms with Gasteiger partial charge in [0.15, 0.2) is 0 Å². The van der Waals surface area contributed by atoms with Crippen molar-refractivity contribution in [3.05, 3.63) is 12.7 Å². The lowest BCUT2D eigenvalue weighted by Gasteiger charge is -2.14. The second-order valence-electron chi connectivity index (χ2n) is 4.23. The maximum atomic E-state index is 11.5. The van der Waals surface area contributed by atoms with Crippen LogP contribution in [0.15, 0.2) is 12.7 Å². The van der Waals surface area contributed by atoms with Gasteiger partial charge in [0, 0.05) is 19.8 Å². The zero-order valence-corrected chi connectivity index (χ0v) is 10.00. The quantitative estimate of drug-likeness (QED) is 0.628. The molecule has 1 heterocycles. The van der Waals surface area contributed by atoms with E-state index < -0.39 is 0 Å². The fourth-order valence-electron chi connectivity index (χ4n) is 1.73. The van der Waals surface area contributed by atoms with Gasteiger partial charge in [-0.15, -0.1) is 6.58 Å². The first-order valence-corrected chi connectivity index (χ1v) is 5.93. The van der Waals surface area contributed by atoms with Crippen molar-refractivity contribution >= 4 is 5.91 Å². The Hall–Kier alpha value is -0.870. The standard InChI is InChI=1S/C12H22N2O2/c1-3-6-14-12(15)10(2)13-7-4-11-5-8-16-9-11/h3,10-11,13H,1,4-9H2,2H3,(H,14,15). The van der Waals surface area contributed by atoms with Gasteiger partial charge >= 0.3 is 0 Å². The molecule has 0 aromatic rings. The SMILES string of the molecule is C=CCNC(=O)C(C)NCCC1CCOC1. The Balaban J connectivity index is 2.06. The number of hydrogen-bond acceptors (Lipinski definition) is 3. The van der Waals surface area contributed by atoms with Crippen molar-refractivity contribution in [1.29, 1.82) is 0 Å². The molecule has 1 aliphatic heterocycles. The smallest absolute Gasteiger partial charge is 0.237 e. The summed E-state index contributed by atoms with van der Waals surface area (Å²) >= 11 is 0. The average molecular weight is 226 g/mol. The zero-order chi connectivity index (χ0) is 11.8. The molecule has 1 amide bonds. The van der Waals surface area contributed by atoms with Crippen molar-refractivity contribution in [2.45, 2.75) is 25.8 Å². The summed E-state index contributed by atoms with van der Waals surface area (Å²) in [5.41, 5.74) is 0. The fraction of sp³-hybridized carbons (Fsp3) is 0.750. The fourth-order valence-corrected chi connectivity index (χ4v) is 1.73. The van der Waals surface area contributed by atoms with E-state index in [0.717, 1.165) is 32.6 Å². The van der Waals surface area contributed by atoms with Crippen molar-refractivity contribution in [2.24, 2.45) is 5.92 Å². The highest BCUT2D eigenvalue weighted by molar-refractivity contribution is 5.81. The lowest BCUT2D eigenvalue weighted by atomic mass is 10.1. The van der Waals surface area contributed by atoms with Crippen LogP contribution in [0.2, 0.25) is 0 Å². The maximum absolute atomic E-state index is 11.5. The van der Waals surface area contributed by atoms with Crippen molar-refractivity contribution < 1.29 is 9.53 Å². The van der Waals surface area contributed by atoms with Crippen LogP contribution in [0.25, 0.3) is 0 Å². The normalized spacial score (nSPS) is 21.7. The second-order valence-corrected chi connectivity index (χ2v) is 4.23. The Morgan fingerprint density at radius 3 is 3.12 bits per heavy atom. The molecule has 0 aromatic heterocycles. The van der Waals surface area contributed by atoms with E-state index in [1.54, 1.807) is 6.08 Å². The van der Waals surface area contributed by atoms with E-state index in [-0.39, 0.29) is 11.9 Å². The lowest BCUT2D eigenvalue weighted by Crippen LogP contribution is -2.42. The highest BCUT2D eigenvalue weighted by atomic mass is 16.5. The summed E-state index contributed by atoms with van der Waals surface area (Å²) in [7, 11) is 0. The molecule has 16 heavy (non-hydrogen) atoms. The summed E-state index contributed by atoms with van der Waals surface area (Å²) in [5.74, 6) is 0.693. The van der Waals surface area contributed by atoms with Gasteiger partial charge < -0.3 is 15.4 Å². The summed E-state index contributed by atoms with van der Waals surface area (Å²) in [6.07, 6.45) is 3.91. The lowest BCUT2D eigenvalue weighted by molar-refractivity contribution is -0.122. The minimum atomic E-state index is -0.137. The molecule has 0 radical (unpaired) electrons. The number of rotatable bonds is 7. The van der Waals surface area contributed by atoms with E-state index in [0.29, 0.717) is 12.5 Å². The van der Waals surface area contributed by atoms with Gasteiger partial charge in [0.05, 0.1) is 6.04 Å². The van der Waals surface area contributed by atoms with Crippen LogP contribution in [0, 0.1) is 5.92 Å². The Morgan fingerprint density at radius 2 is 2.50 bits per heavy atom. The average Bonchev–Trinajstić information content (AvgIpc) is 2.78. The van der Waals surface area contributed by atoms with E-state index in [2.05, 4.69) is 17.2 Å². The summed E-state index contributed by atoms with van der Waals surface area (Å²) in [5, 5.41) is 5.98. The number of ether oxygens (including phenoxy) is 1. The highest BCUT2D eigenvalue weighted by Gasteiger charge is 2.16. The topological polar surface area (TPSA) is 50.4 Å². The third-order valence-corrected chi connectivity index (χ3v) is 2.84. The zero-order valence-electron chi connectivity index (χ0n) is 10.00. The number of amides is 1. The predicted molar refractivity (Wildman–Crippen MR) is 64.2 cm³/mol. The third kappa shape index (κ3) is 4.77. The van der Waals surface area contributed by atoms with Crippen LogP contribution >= 0.6 is 0 Å². The molecule has 1 fully saturated rings. The first kappa shape index (κ1) is 13.2. The molecule has 0 aliphatic carbocycles. The van der Waals surface area contributed by atoms with Crippen LogP contribution in [-0.2, 0) is 9.53 Å². The van der Waals surface area contributed by atoms with Crippen molar-refractivity contribution in [3.63, 3.8) is 0 Å². The molecule has 2 unspecified atom stereocenters. The highest BCUT2D eigenvalue weighted by Crippen LogP contribution is 2.15. The monoisotopic (exact) mass is 226 g/mol. The van der Waals surface area contributed by atoms with Crippen LogP contribution < -0.4 is 10.6 Å². The van der Waals surface area contributed by atoms with Crippen LogP contribution in [0.5, 0.6) is 0 Å². The maximum Gasteiger partial charge on any atom is 0.237 e. The van der Waals surface area contributed by atoms with Crippen LogP contribution in [0.4, 0.5) is 0 Å². The number of carbonyl (C=O) groups excluding carboxylic acids is 1. The van der Waals surface area contributed by atoms with Crippen molar-refractivity contribution in [2.75, 3.05) is 26.3 Å². The summed E-state index contributed by atoms with van der Waals surface area (Å²) in [6.45, 7) is 8.60. The molecule has 0 bridgehead atoms. The Labute approximate surface area is 97.4 Å². The summed E-state index contributed by atoms with van der Waals surface area (Å²) in [4.78, 5) is 11.5. The molecule has 1 rings (SSSR count).